The van der Waals surface area contributed by atoms with Gasteiger partial charge in [0.15, 0.2) is 0 Å². The van der Waals surface area contributed by atoms with E-state index in [2.05, 4.69) is 46.2 Å². The molecule has 1 N–H and O–H groups in total. The Labute approximate surface area is 95.7 Å². The molecule has 0 spiro atoms. The molecule has 0 aromatic heterocycles. The highest BCUT2D eigenvalue weighted by Gasteiger charge is 2.18. The molecule has 0 amide bonds. The average molecular weight is 209 g/mol. The summed E-state index contributed by atoms with van der Waals surface area (Å²) in [6.45, 7) is 16.7. The molecule has 0 saturated heterocycles. The molecule has 0 aliphatic heterocycles. The van der Waals surface area contributed by atoms with Gasteiger partial charge in [0.05, 0.1) is 0 Å². The van der Waals surface area contributed by atoms with Crippen molar-refractivity contribution in [2.24, 2.45) is 11.8 Å². The minimum Gasteiger partial charge on any atom is -0.310 e. The first-order chi connectivity index (χ1) is 7.02. The lowest BCUT2D eigenvalue weighted by atomic mass is 9.95. The van der Waals surface area contributed by atoms with Crippen LogP contribution in [-0.2, 0) is 0 Å². The van der Waals surface area contributed by atoms with Crippen LogP contribution in [0.4, 0.5) is 0 Å². The first kappa shape index (κ1) is 14.4. The summed E-state index contributed by atoms with van der Waals surface area (Å²) in [4.78, 5) is 0. The van der Waals surface area contributed by atoms with Gasteiger partial charge in [-0.1, -0.05) is 39.8 Å². The second-order valence-corrected chi connectivity index (χ2v) is 4.92. The lowest BCUT2D eigenvalue weighted by Crippen LogP contribution is -2.43. The molecule has 0 aromatic rings. The molecular weight excluding hydrogens is 182 g/mol. The van der Waals surface area contributed by atoms with E-state index in [1.807, 2.05) is 12.2 Å². The number of hydrogen-bond donors (Lipinski definition) is 1. The van der Waals surface area contributed by atoms with E-state index < -0.39 is 0 Å². The Morgan fingerprint density at radius 3 is 1.40 bits per heavy atom. The van der Waals surface area contributed by atoms with E-state index in [0.717, 1.165) is 12.8 Å². The van der Waals surface area contributed by atoms with E-state index in [0.29, 0.717) is 23.9 Å². The van der Waals surface area contributed by atoms with Crippen LogP contribution < -0.4 is 5.32 Å². The van der Waals surface area contributed by atoms with Gasteiger partial charge in [0.25, 0.3) is 0 Å². The van der Waals surface area contributed by atoms with Crippen molar-refractivity contribution in [3.63, 3.8) is 0 Å². The first-order valence-electron chi connectivity index (χ1n) is 6.00. The smallest absolute Gasteiger partial charge is 0.0127 e. The van der Waals surface area contributed by atoms with E-state index in [4.69, 9.17) is 0 Å². The molecule has 2 atom stereocenters. The molecule has 1 heteroatoms. The lowest BCUT2D eigenvalue weighted by Gasteiger charge is -2.29. The van der Waals surface area contributed by atoms with Crippen LogP contribution in [0.1, 0.15) is 40.5 Å². The number of hydrogen-bond acceptors (Lipinski definition) is 1. The molecule has 0 aromatic carbocycles. The normalized spacial score (nSPS) is 15.3. The van der Waals surface area contributed by atoms with Gasteiger partial charge in [0.1, 0.15) is 0 Å². The van der Waals surface area contributed by atoms with Gasteiger partial charge < -0.3 is 5.32 Å². The van der Waals surface area contributed by atoms with E-state index >= 15 is 0 Å². The second-order valence-electron chi connectivity index (χ2n) is 4.92. The summed E-state index contributed by atoms with van der Waals surface area (Å²) in [6.07, 6.45) is 6.09. The molecule has 0 aliphatic carbocycles. The Morgan fingerprint density at radius 2 is 1.20 bits per heavy atom. The minimum absolute atomic E-state index is 0.537. The van der Waals surface area contributed by atoms with Crippen molar-refractivity contribution in [1.29, 1.82) is 0 Å². The summed E-state index contributed by atoms with van der Waals surface area (Å²) < 4.78 is 0. The quantitative estimate of drug-likeness (QED) is 0.600. The molecule has 0 heterocycles. The summed E-state index contributed by atoms with van der Waals surface area (Å²) in [6, 6.07) is 1.07. The zero-order valence-corrected chi connectivity index (χ0v) is 10.8. The average Bonchev–Trinajstić information content (AvgIpc) is 2.15. The zero-order valence-electron chi connectivity index (χ0n) is 10.8. The van der Waals surface area contributed by atoms with Crippen molar-refractivity contribution in [2.45, 2.75) is 52.6 Å². The van der Waals surface area contributed by atoms with Crippen LogP contribution in [0.15, 0.2) is 25.3 Å². The zero-order chi connectivity index (χ0) is 11.8. The van der Waals surface area contributed by atoms with Gasteiger partial charge in [-0.15, -0.1) is 13.2 Å². The molecule has 0 saturated carbocycles. The fourth-order valence-electron chi connectivity index (χ4n) is 1.70. The van der Waals surface area contributed by atoms with Crippen molar-refractivity contribution in [3.8, 4) is 0 Å². The van der Waals surface area contributed by atoms with Gasteiger partial charge in [-0.05, 0) is 24.7 Å². The standard InChI is InChI=1S/C14H27N/c1-7-9-13(11(3)4)15-14(10-8-2)12(5)6/h7-8,11-15H,1-2,9-10H2,3-6H3. The van der Waals surface area contributed by atoms with Gasteiger partial charge >= 0.3 is 0 Å². The van der Waals surface area contributed by atoms with Crippen LogP contribution >= 0.6 is 0 Å². The van der Waals surface area contributed by atoms with Crippen LogP contribution in [0, 0.1) is 11.8 Å². The van der Waals surface area contributed by atoms with E-state index in [-0.39, 0.29) is 0 Å². The van der Waals surface area contributed by atoms with Crippen molar-refractivity contribution >= 4 is 0 Å². The van der Waals surface area contributed by atoms with E-state index in [9.17, 15) is 0 Å². The third kappa shape index (κ3) is 5.78. The lowest BCUT2D eigenvalue weighted by molar-refractivity contribution is 0.306. The highest BCUT2D eigenvalue weighted by molar-refractivity contribution is 4.87. The Hall–Kier alpha value is -0.560. The molecule has 0 rings (SSSR count). The van der Waals surface area contributed by atoms with Crippen LogP contribution in [-0.4, -0.2) is 12.1 Å². The topological polar surface area (TPSA) is 12.0 Å². The van der Waals surface area contributed by atoms with Crippen LogP contribution in [0.5, 0.6) is 0 Å². The summed E-state index contributed by atoms with van der Waals surface area (Å²) >= 11 is 0. The van der Waals surface area contributed by atoms with Gasteiger partial charge in [-0.2, -0.15) is 0 Å². The van der Waals surface area contributed by atoms with Crippen LogP contribution in [0.3, 0.4) is 0 Å². The number of rotatable bonds is 8. The van der Waals surface area contributed by atoms with Crippen molar-refractivity contribution in [2.75, 3.05) is 0 Å². The predicted molar refractivity (Wildman–Crippen MR) is 70.0 cm³/mol. The van der Waals surface area contributed by atoms with Crippen molar-refractivity contribution in [3.05, 3.63) is 25.3 Å². The molecule has 15 heavy (non-hydrogen) atoms. The maximum Gasteiger partial charge on any atom is 0.0127 e. The molecule has 1 nitrogen and oxygen atoms in total. The Kier molecular flexibility index (Phi) is 7.41. The maximum absolute atomic E-state index is 3.82. The summed E-state index contributed by atoms with van der Waals surface area (Å²) in [5.74, 6) is 1.29. The highest BCUT2D eigenvalue weighted by Crippen LogP contribution is 2.13. The predicted octanol–water partition coefficient (Wildman–Crippen LogP) is 3.78. The molecule has 0 aliphatic rings. The molecule has 0 fully saturated rings. The highest BCUT2D eigenvalue weighted by atomic mass is 15.0. The van der Waals surface area contributed by atoms with Gasteiger partial charge in [0.2, 0.25) is 0 Å². The summed E-state index contributed by atoms with van der Waals surface area (Å²) in [5.41, 5.74) is 0. The SMILES string of the molecule is C=CCC(NC(CC=C)C(C)C)C(C)C. The van der Waals surface area contributed by atoms with Crippen LogP contribution in [0.2, 0.25) is 0 Å². The van der Waals surface area contributed by atoms with E-state index in [1.54, 1.807) is 0 Å². The molecule has 88 valence electrons. The fraction of sp³-hybridized carbons (Fsp3) is 0.714. The summed E-state index contributed by atoms with van der Waals surface area (Å²) in [5, 5.41) is 3.71. The van der Waals surface area contributed by atoms with Crippen molar-refractivity contribution < 1.29 is 0 Å². The maximum atomic E-state index is 3.82. The Morgan fingerprint density at radius 1 is 0.867 bits per heavy atom. The van der Waals surface area contributed by atoms with Gasteiger partial charge in [0, 0.05) is 12.1 Å². The van der Waals surface area contributed by atoms with E-state index in [1.165, 1.54) is 0 Å². The minimum atomic E-state index is 0.537. The molecule has 0 bridgehead atoms. The van der Waals surface area contributed by atoms with Crippen LogP contribution in [0.25, 0.3) is 0 Å². The second kappa shape index (κ2) is 7.70. The molecular formula is C14H27N. The monoisotopic (exact) mass is 209 g/mol. The van der Waals surface area contributed by atoms with Gasteiger partial charge in [-0.3, -0.25) is 0 Å². The van der Waals surface area contributed by atoms with Gasteiger partial charge in [-0.25, -0.2) is 0 Å². The third-order valence-corrected chi connectivity index (χ3v) is 2.88. The largest absolute Gasteiger partial charge is 0.310 e. The first-order valence-corrected chi connectivity index (χ1v) is 6.00. The Balaban J connectivity index is 4.31. The number of nitrogens with one attached hydrogen (secondary N) is 1. The van der Waals surface area contributed by atoms with Crippen molar-refractivity contribution in [1.82, 2.24) is 5.32 Å². The third-order valence-electron chi connectivity index (χ3n) is 2.88. The summed E-state index contributed by atoms with van der Waals surface area (Å²) in [7, 11) is 0. The molecule has 0 radical (unpaired) electrons. The Bertz CT molecular complexity index is 162. The molecule has 2 unspecified atom stereocenters. The fourth-order valence-corrected chi connectivity index (χ4v) is 1.70.